The van der Waals surface area contributed by atoms with E-state index in [0.717, 1.165) is 0 Å². The molecular formula is C11H14N4O3. The van der Waals surface area contributed by atoms with E-state index in [9.17, 15) is 4.79 Å². The molecule has 0 amide bonds. The highest BCUT2D eigenvalue weighted by molar-refractivity contribution is 5.66. The van der Waals surface area contributed by atoms with E-state index in [2.05, 4.69) is 15.3 Å². The predicted molar refractivity (Wildman–Crippen MR) is 62.5 cm³/mol. The lowest BCUT2D eigenvalue weighted by Gasteiger charge is -2.08. The van der Waals surface area contributed by atoms with E-state index in [1.54, 1.807) is 12.1 Å². The standard InChI is InChI=1S/C11H14N4O3/c1-7(2)18-10-5-3-8-12-13-9(15(8)14-10)4-6-11(16)17/h3,5,7H,4,6H2,1-2H3,(H,16,17). The number of nitrogens with zero attached hydrogens (tertiary/aromatic N) is 4. The molecule has 0 spiro atoms. The molecule has 0 saturated carbocycles. The van der Waals surface area contributed by atoms with Crippen molar-refractivity contribution >= 4 is 11.6 Å². The molecule has 2 rings (SSSR count). The SMILES string of the molecule is CC(C)Oc1ccc2nnc(CCC(=O)O)n2n1. The maximum atomic E-state index is 10.5. The summed E-state index contributed by atoms with van der Waals surface area (Å²) in [5.41, 5.74) is 0.575. The Balaban J connectivity index is 2.28. The van der Waals surface area contributed by atoms with Crippen LogP contribution in [-0.4, -0.2) is 37.0 Å². The molecule has 1 N–H and O–H groups in total. The van der Waals surface area contributed by atoms with Crippen LogP contribution in [0, 0.1) is 0 Å². The summed E-state index contributed by atoms with van der Waals surface area (Å²) in [6.45, 7) is 3.81. The number of aryl methyl sites for hydroxylation is 1. The van der Waals surface area contributed by atoms with Crippen molar-refractivity contribution < 1.29 is 14.6 Å². The summed E-state index contributed by atoms with van der Waals surface area (Å²) in [5.74, 6) is 0.108. The fourth-order valence-corrected chi connectivity index (χ4v) is 1.50. The van der Waals surface area contributed by atoms with Gasteiger partial charge in [0, 0.05) is 12.5 Å². The predicted octanol–water partition coefficient (Wildman–Crippen LogP) is 0.929. The molecule has 2 heterocycles. The fraction of sp³-hybridized carbons (Fsp3) is 0.455. The summed E-state index contributed by atoms with van der Waals surface area (Å²) in [7, 11) is 0. The third-order valence-corrected chi connectivity index (χ3v) is 2.22. The largest absolute Gasteiger partial charge is 0.481 e. The fourth-order valence-electron chi connectivity index (χ4n) is 1.50. The second kappa shape index (κ2) is 4.99. The van der Waals surface area contributed by atoms with Crippen LogP contribution >= 0.6 is 0 Å². The Hall–Kier alpha value is -2.18. The van der Waals surface area contributed by atoms with Gasteiger partial charge < -0.3 is 9.84 Å². The minimum Gasteiger partial charge on any atom is -0.481 e. The second-order valence-electron chi connectivity index (χ2n) is 4.12. The summed E-state index contributed by atoms with van der Waals surface area (Å²) in [6, 6.07) is 3.45. The van der Waals surface area contributed by atoms with Crippen molar-refractivity contribution in [2.75, 3.05) is 0 Å². The van der Waals surface area contributed by atoms with Crippen molar-refractivity contribution in [1.29, 1.82) is 0 Å². The van der Waals surface area contributed by atoms with Crippen LogP contribution in [0.25, 0.3) is 5.65 Å². The lowest BCUT2D eigenvalue weighted by Crippen LogP contribution is -2.09. The molecule has 0 bridgehead atoms. The van der Waals surface area contributed by atoms with Gasteiger partial charge in [0.15, 0.2) is 11.5 Å². The van der Waals surface area contributed by atoms with Gasteiger partial charge in [-0.15, -0.1) is 15.3 Å². The first-order valence-corrected chi connectivity index (χ1v) is 5.66. The van der Waals surface area contributed by atoms with E-state index < -0.39 is 5.97 Å². The summed E-state index contributed by atoms with van der Waals surface area (Å²) < 4.78 is 6.98. The molecular weight excluding hydrogens is 236 g/mol. The molecule has 0 saturated heterocycles. The van der Waals surface area contributed by atoms with Crippen LogP contribution in [0.1, 0.15) is 26.1 Å². The zero-order valence-electron chi connectivity index (χ0n) is 10.2. The molecule has 18 heavy (non-hydrogen) atoms. The first-order chi connectivity index (χ1) is 8.56. The molecule has 0 fully saturated rings. The van der Waals surface area contributed by atoms with Crippen LogP contribution in [0.4, 0.5) is 0 Å². The lowest BCUT2D eigenvalue weighted by atomic mass is 10.3. The number of fused-ring (bicyclic) bond motifs is 1. The number of hydrogen-bond acceptors (Lipinski definition) is 5. The van der Waals surface area contributed by atoms with Crippen molar-refractivity contribution in [3.63, 3.8) is 0 Å². The molecule has 96 valence electrons. The van der Waals surface area contributed by atoms with Crippen molar-refractivity contribution in [1.82, 2.24) is 19.8 Å². The Morgan fingerprint density at radius 1 is 1.44 bits per heavy atom. The van der Waals surface area contributed by atoms with E-state index in [4.69, 9.17) is 9.84 Å². The smallest absolute Gasteiger partial charge is 0.303 e. The molecule has 7 heteroatoms. The molecule has 0 radical (unpaired) electrons. The van der Waals surface area contributed by atoms with Crippen LogP contribution in [0.2, 0.25) is 0 Å². The number of ether oxygens (including phenoxy) is 1. The highest BCUT2D eigenvalue weighted by Gasteiger charge is 2.10. The molecule has 0 aromatic carbocycles. The lowest BCUT2D eigenvalue weighted by molar-refractivity contribution is -0.137. The first kappa shape index (κ1) is 12.3. The molecule has 0 atom stereocenters. The Morgan fingerprint density at radius 3 is 2.89 bits per heavy atom. The zero-order chi connectivity index (χ0) is 13.1. The molecule has 2 aromatic heterocycles. The van der Waals surface area contributed by atoms with Gasteiger partial charge in [0.25, 0.3) is 0 Å². The topological polar surface area (TPSA) is 89.6 Å². The van der Waals surface area contributed by atoms with Crippen LogP contribution in [0.5, 0.6) is 5.88 Å². The third kappa shape index (κ3) is 2.73. The Morgan fingerprint density at radius 2 is 2.22 bits per heavy atom. The Kier molecular flexibility index (Phi) is 3.40. The highest BCUT2D eigenvalue weighted by atomic mass is 16.5. The van der Waals surface area contributed by atoms with Gasteiger partial charge >= 0.3 is 5.97 Å². The van der Waals surface area contributed by atoms with Crippen LogP contribution < -0.4 is 4.74 Å². The van der Waals surface area contributed by atoms with Gasteiger partial charge in [-0.05, 0) is 19.9 Å². The quantitative estimate of drug-likeness (QED) is 0.849. The summed E-state index contributed by atoms with van der Waals surface area (Å²) in [5, 5.41) is 20.7. The van der Waals surface area contributed by atoms with E-state index in [1.165, 1.54) is 4.52 Å². The highest BCUT2D eigenvalue weighted by Crippen LogP contribution is 2.11. The molecule has 0 aliphatic carbocycles. The number of carbonyl (C=O) groups is 1. The average Bonchev–Trinajstić information content (AvgIpc) is 2.68. The van der Waals surface area contributed by atoms with Crippen molar-refractivity contribution in [2.45, 2.75) is 32.8 Å². The number of carboxylic acid groups (broad SMARTS) is 1. The molecule has 0 aliphatic heterocycles. The molecule has 7 nitrogen and oxygen atoms in total. The molecule has 0 unspecified atom stereocenters. The Labute approximate surface area is 103 Å². The Bertz CT molecular complexity index is 564. The van der Waals surface area contributed by atoms with Gasteiger partial charge in [0.05, 0.1) is 12.5 Å². The third-order valence-electron chi connectivity index (χ3n) is 2.22. The summed E-state index contributed by atoms with van der Waals surface area (Å²) in [4.78, 5) is 10.5. The molecule has 0 aliphatic rings. The molecule has 2 aromatic rings. The minimum atomic E-state index is -0.874. The summed E-state index contributed by atoms with van der Waals surface area (Å²) >= 11 is 0. The number of hydrogen-bond donors (Lipinski definition) is 1. The first-order valence-electron chi connectivity index (χ1n) is 5.66. The van der Waals surface area contributed by atoms with Crippen molar-refractivity contribution in [3.8, 4) is 5.88 Å². The van der Waals surface area contributed by atoms with Gasteiger partial charge in [-0.25, -0.2) is 0 Å². The van der Waals surface area contributed by atoms with E-state index >= 15 is 0 Å². The monoisotopic (exact) mass is 250 g/mol. The van der Waals surface area contributed by atoms with E-state index in [1.807, 2.05) is 13.8 Å². The number of aromatic nitrogens is 4. The average molecular weight is 250 g/mol. The van der Waals surface area contributed by atoms with Gasteiger partial charge in [0.2, 0.25) is 5.88 Å². The van der Waals surface area contributed by atoms with Crippen LogP contribution in [-0.2, 0) is 11.2 Å². The van der Waals surface area contributed by atoms with Crippen molar-refractivity contribution in [3.05, 3.63) is 18.0 Å². The van der Waals surface area contributed by atoms with E-state index in [-0.39, 0.29) is 18.9 Å². The van der Waals surface area contributed by atoms with Gasteiger partial charge in [-0.2, -0.15) is 4.52 Å². The van der Waals surface area contributed by atoms with Crippen LogP contribution in [0.15, 0.2) is 12.1 Å². The van der Waals surface area contributed by atoms with Crippen LogP contribution in [0.3, 0.4) is 0 Å². The normalized spacial score (nSPS) is 11.1. The van der Waals surface area contributed by atoms with E-state index in [0.29, 0.717) is 17.4 Å². The van der Waals surface area contributed by atoms with Gasteiger partial charge in [-0.3, -0.25) is 4.79 Å². The minimum absolute atomic E-state index is 0.00224. The number of rotatable bonds is 5. The maximum absolute atomic E-state index is 10.5. The second-order valence-corrected chi connectivity index (χ2v) is 4.12. The van der Waals surface area contributed by atoms with Crippen molar-refractivity contribution in [2.24, 2.45) is 0 Å². The van der Waals surface area contributed by atoms with Gasteiger partial charge in [-0.1, -0.05) is 0 Å². The number of carboxylic acids is 1. The van der Waals surface area contributed by atoms with Gasteiger partial charge in [0.1, 0.15) is 0 Å². The summed E-state index contributed by atoms with van der Waals surface area (Å²) in [6.07, 6.45) is 0.306. The zero-order valence-corrected chi connectivity index (χ0v) is 10.2. The number of aliphatic carboxylic acids is 1. The maximum Gasteiger partial charge on any atom is 0.303 e.